The van der Waals surface area contributed by atoms with Gasteiger partial charge in [-0.25, -0.2) is 19.3 Å². The third-order valence-electron chi connectivity index (χ3n) is 17.0. The van der Waals surface area contributed by atoms with Gasteiger partial charge in [-0.3, -0.25) is 9.80 Å². The van der Waals surface area contributed by atoms with E-state index in [2.05, 4.69) is 101 Å². The van der Waals surface area contributed by atoms with Crippen molar-refractivity contribution in [3.05, 3.63) is 284 Å². The van der Waals surface area contributed by atoms with Crippen molar-refractivity contribution in [2.75, 3.05) is 168 Å². The molecule has 1 N–H and O–H groups in total. The summed E-state index contributed by atoms with van der Waals surface area (Å²) in [5.74, 6) is 24.3. The van der Waals surface area contributed by atoms with Gasteiger partial charge in [0.1, 0.15) is 0 Å². The van der Waals surface area contributed by atoms with Gasteiger partial charge in [0.25, 0.3) is 0 Å². The van der Waals surface area contributed by atoms with Crippen LogP contribution >= 0.6 is 0 Å². The lowest BCUT2D eigenvalue weighted by atomic mass is 10.1. The van der Waals surface area contributed by atoms with Crippen LogP contribution in [0.15, 0.2) is 194 Å². The zero-order chi connectivity index (χ0) is 75.6. The van der Waals surface area contributed by atoms with Gasteiger partial charge in [-0.2, -0.15) is 0 Å². The molecule has 0 radical (unpaired) electrons. The summed E-state index contributed by atoms with van der Waals surface area (Å²) >= 11 is 0. The molecule has 0 aromatic heterocycles. The molecule has 0 spiro atoms. The molecule has 108 heavy (non-hydrogen) atoms. The third kappa shape index (κ3) is 30.7. The number of aromatic carboxylic acids is 1. The summed E-state index contributed by atoms with van der Waals surface area (Å²) in [6, 6.07) is 61.2. The molecule has 10 rings (SSSR count). The molecule has 2 aliphatic heterocycles. The Labute approximate surface area is 638 Å². The number of nitrogens with zero attached hydrogens (tertiary/aromatic N) is 6. The molecule has 2 heterocycles. The van der Waals surface area contributed by atoms with Gasteiger partial charge in [0.05, 0.1) is 130 Å². The van der Waals surface area contributed by atoms with Crippen molar-refractivity contribution in [2.24, 2.45) is 0 Å². The van der Waals surface area contributed by atoms with Crippen molar-refractivity contribution < 1.29 is 57.0 Å². The van der Waals surface area contributed by atoms with Crippen LogP contribution in [0.1, 0.15) is 76.4 Å². The van der Waals surface area contributed by atoms with Crippen molar-refractivity contribution in [3.8, 4) is 47.4 Å². The molecule has 0 unspecified atom stereocenters. The number of carboxylic acids is 1. The lowest BCUT2D eigenvalue weighted by Gasteiger charge is -2.25. The van der Waals surface area contributed by atoms with E-state index in [1.807, 2.05) is 153 Å². The number of carbonyl (C=O) groups excluding carboxylic acids is 1. The van der Waals surface area contributed by atoms with E-state index >= 15 is 0 Å². The first-order valence-corrected chi connectivity index (χ1v) is 39.8. The zero-order valence-electron chi connectivity index (χ0n) is 62.0. The smallest absolute Gasteiger partial charge is 0.335 e. The van der Waals surface area contributed by atoms with Crippen LogP contribution in [0, 0.1) is 60.5 Å². The molecular formula is C89H94N6O12Si. The van der Waals surface area contributed by atoms with E-state index in [9.17, 15) is 9.59 Å². The second-order valence-electron chi connectivity index (χ2n) is 26.2. The first kappa shape index (κ1) is 81.4. The molecule has 2 saturated heterocycles. The normalized spacial score (nSPS) is 15.4. The van der Waals surface area contributed by atoms with Gasteiger partial charge < -0.3 is 57.2 Å². The predicted molar refractivity (Wildman–Crippen MR) is 425 cm³/mol. The van der Waals surface area contributed by atoms with Gasteiger partial charge >= 0.3 is 11.9 Å². The molecule has 19 heteroatoms. The van der Waals surface area contributed by atoms with E-state index in [0.717, 1.165) is 119 Å². The Hall–Kier alpha value is -10.7. The van der Waals surface area contributed by atoms with Crippen molar-refractivity contribution in [2.45, 2.75) is 32.7 Å². The van der Waals surface area contributed by atoms with Crippen molar-refractivity contribution in [1.29, 1.82) is 0 Å². The second kappa shape index (κ2) is 45.8. The van der Waals surface area contributed by atoms with Crippen LogP contribution in [0.4, 0.5) is 22.7 Å². The maximum Gasteiger partial charge on any atom is 0.335 e. The van der Waals surface area contributed by atoms with Gasteiger partial charge in [-0.05, 0) is 176 Å². The van der Waals surface area contributed by atoms with Crippen LogP contribution in [-0.4, -0.2) is 193 Å². The van der Waals surface area contributed by atoms with E-state index in [1.165, 1.54) is 0 Å². The monoisotopic (exact) mass is 1470 g/mol. The fourth-order valence-corrected chi connectivity index (χ4v) is 11.7. The van der Waals surface area contributed by atoms with Gasteiger partial charge in [-0.15, -0.1) is 0 Å². The number of anilines is 2. The standard InChI is InChI=1S/C46H51N3O6Si.C43H43N3O6/c1-47-44-21-15-42(16-22-44)37-48-25-29-51-33-35-53-31-27-49(28-32-54-36-34-52-30-26-48)45-23-17-41(18-24-45)12-10-39-7-5-38(6-8-39)9-11-40-13-19-43(20-14-40)46(50)55-56(2,3)4;1-44-41-18-12-39(13-19-41)34-45-22-26-49-30-32-51-28-24-46(25-29-52-33-31-50-27-23-45)42-20-14-38(15-21-42)9-7-36-4-2-35(3-5-36)6-8-37-10-16-40(17-11-37)43(47)48/h5-8,13-24H,25-37H2,2-4H3;2-5,10-21H,22-34H2,(H,47,48). The minimum atomic E-state index is -1.95. The lowest BCUT2D eigenvalue weighted by Crippen LogP contribution is -2.33. The van der Waals surface area contributed by atoms with Gasteiger partial charge in [0.2, 0.25) is 8.32 Å². The summed E-state index contributed by atoms with van der Waals surface area (Å²) in [5, 5.41) is 9.05. The number of ether oxygens (including phenoxy) is 8. The fourth-order valence-electron chi connectivity index (χ4n) is 11.0. The fraction of sp³-hybridized carbons (Fsp3) is 0.326. The maximum absolute atomic E-state index is 12.3. The molecule has 0 aliphatic carbocycles. The van der Waals surface area contributed by atoms with E-state index in [-0.39, 0.29) is 11.5 Å². The average molecular weight is 1470 g/mol. The van der Waals surface area contributed by atoms with E-state index < -0.39 is 14.3 Å². The SMILES string of the molecule is [C-]#[N+]c1ccc(CN2CCOCCOCCN(c3ccc(C#Cc4ccc(C#Cc5ccc(C(=O)O)cc5)cc4)cc3)CCOCCOCC2)cc1.[C-]#[N+]c1ccc(CN2CCOCCOCCN(c3ccc(C#Cc4ccc(C#Cc5ccc(C(=O)O[Si](C)(C)C)cc5)cc4)cc3)CCOCCOCC2)cc1. The minimum absolute atomic E-state index is 0.239. The summed E-state index contributed by atoms with van der Waals surface area (Å²) in [6.07, 6.45) is 0. The molecule has 0 atom stereocenters. The Balaban J connectivity index is 0.000000250. The van der Waals surface area contributed by atoms with Gasteiger partial charge in [0, 0.05) is 121 Å². The zero-order valence-corrected chi connectivity index (χ0v) is 63.0. The van der Waals surface area contributed by atoms with Crippen LogP contribution in [0.25, 0.3) is 9.69 Å². The number of carboxylic acid groups (broad SMARTS) is 1. The largest absolute Gasteiger partial charge is 0.516 e. The highest BCUT2D eigenvalue weighted by atomic mass is 28.4. The Kier molecular flexibility index (Phi) is 34.5. The van der Waals surface area contributed by atoms with Crippen LogP contribution in [0.2, 0.25) is 19.6 Å². The van der Waals surface area contributed by atoms with Crippen LogP contribution < -0.4 is 9.80 Å². The van der Waals surface area contributed by atoms with Crippen molar-refractivity contribution in [1.82, 2.24) is 9.80 Å². The molecule has 2 aliphatic rings. The Morgan fingerprint density at radius 3 is 0.815 bits per heavy atom. The number of benzene rings is 8. The second-order valence-corrected chi connectivity index (χ2v) is 30.6. The molecular weight excluding hydrogens is 1370 g/mol. The van der Waals surface area contributed by atoms with Crippen molar-refractivity contribution in [3.63, 3.8) is 0 Å². The number of hydrogen-bond donors (Lipinski definition) is 1. The predicted octanol–water partition coefficient (Wildman–Crippen LogP) is 13.5. The Bertz CT molecular complexity index is 4380. The van der Waals surface area contributed by atoms with E-state index in [1.54, 1.807) is 36.4 Å². The summed E-state index contributed by atoms with van der Waals surface area (Å²) in [5.41, 5.74) is 13.5. The third-order valence-corrected chi connectivity index (χ3v) is 17.7. The van der Waals surface area contributed by atoms with E-state index in [4.69, 9.17) is 60.6 Å². The highest BCUT2D eigenvalue weighted by Crippen LogP contribution is 2.20. The van der Waals surface area contributed by atoms with Gasteiger partial charge in [-0.1, -0.05) is 95.9 Å². The molecule has 0 saturated carbocycles. The molecule has 556 valence electrons. The quantitative estimate of drug-likeness (QED) is 0.0825. The average Bonchev–Trinajstić information content (AvgIpc) is 0.871. The summed E-state index contributed by atoms with van der Waals surface area (Å²) in [4.78, 5) is 39.4. The topological polar surface area (TPSA) is 159 Å². The van der Waals surface area contributed by atoms with E-state index in [0.29, 0.717) is 136 Å². The summed E-state index contributed by atoms with van der Waals surface area (Å²) < 4.78 is 52.9. The number of carbonyl (C=O) groups is 2. The first-order chi connectivity index (χ1) is 52.8. The molecule has 2 fully saturated rings. The van der Waals surface area contributed by atoms with Crippen LogP contribution in [0.5, 0.6) is 0 Å². The lowest BCUT2D eigenvalue weighted by molar-refractivity contribution is 0.0211. The van der Waals surface area contributed by atoms with Gasteiger partial charge in [0.15, 0.2) is 11.4 Å². The Morgan fingerprint density at radius 2 is 0.574 bits per heavy atom. The Morgan fingerprint density at radius 1 is 0.343 bits per heavy atom. The minimum Gasteiger partial charge on any atom is -0.516 e. The molecule has 8 aromatic carbocycles. The number of hydrogen-bond acceptors (Lipinski definition) is 15. The van der Waals surface area contributed by atoms with Crippen LogP contribution in [-0.2, 0) is 55.4 Å². The van der Waals surface area contributed by atoms with Crippen molar-refractivity contribution >= 4 is 43.0 Å². The summed E-state index contributed by atoms with van der Waals surface area (Å²) in [7, 11) is -1.95. The molecule has 0 amide bonds. The molecule has 18 nitrogen and oxygen atoms in total. The molecule has 8 aromatic rings. The number of rotatable bonds is 9. The summed E-state index contributed by atoms with van der Waals surface area (Å²) in [6.45, 7) is 36.7. The highest BCUT2D eigenvalue weighted by molar-refractivity contribution is 6.71. The maximum atomic E-state index is 12.3. The first-order valence-electron chi connectivity index (χ1n) is 36.4. The molecule has 0 bridgehead atoms. The highest BCUT2D eigenvalue weighted by Gasteiger charge is 2.21. The van der Waals surface area contributed by atoms with Crippen LogP contribution in [0.3, 0.4) is 0 Å².